The lowest BCUT2D eigenvalue weighted by Gasteiger charge is -2.16. The van der Waals surface area contributed by atoms with Crippen molar-refractivity contribution in [3.05, 3.63) is 23.4 Å². The Bertz CT molecular complexity index is 286. The molecule has 0 atom stereocenters. The third-order valence-electron chi connectivity index (χ3n) is 2.15. The Balaban J connectivity index is 2.36. The van der Waals surface area contributed by atoms with Crippen molar-refractivity contribution in [3.63, 3.8) is 0 Å². The van der Waals surface area contributed by atoms with E-state index in [0.717, 1.165) is 19.5 Å². The lowest BCUT2D eigenvalue weighted by molar-refractivity contribution is 0.396. The lowest BCUT2D eigenvalue weighted by atomic mass is 10.0. The number of fused-ring (bicyclic) bond motifs is 1. The Morgan fingerprint density at radius 3 is 3.25 bits per heavy atom. The maximum Gasteiger partial charge on any atom is 0.213 e. The van der Waals surface area contributed by atoms with Crippen molar-refractivity contribution in [3.8, 4) is 5.88 Å². The Kier molecular flexibility index (Phi) is 1.96. The van der Waals surface area contributed by atoms with Gasteiger partial charge in [-0.15, -0.1) is 0 Å². The fraction of sp³-hybridized carbons (Fsp3) is 0.444. The molecule has 3 nitrogen and oxygen atoms in total. The van der Waals surface area contributed by atoms with Gasteiger partial charge in [-0.1, -0.05) is 0 Å². The standard InChI is InChI=1S/C9H12N2O/c1-12-9-4-8-5-10-3-2-7(8)6-11-9/h4,6,10H,2-3,5H2,1H3. The van der Waals surface area contributed by atoms with Crippen LogP contribution in [0.15, 0.2) is 12.3 Å². The van der Waals surface area contributed by atoms with Crippen LogP contribution >= 0.6 is 0 Å². The molecule has 1 aliphatic heterocycles. The van der Waals surface area contributed by atoms with Gasteiger partial charge in [-0.2, -0.15) is 0 Å². The molecule has 1 aromatic rings. The van der Waals surface area contributed by atoms with Crippen LogP contribution in [0.2, 0.25) is 0 Å². The molecule has 0 saturated carbocycles. The van der Waals surface area contributed by atoms with Gasteiger partial charge in [0.2, 0.25) is 5.88 Å². The molecule has 64 valence electrons. The van der Waals surface area contributed by atoms with Crippen LogP contribution < -0.4 is 10.1 Å². The summed E-state index contributed by atoms with van der Waals surface area (Å²) in [5.41, 5.74) is 2.66. The van der Waals surface area contributed by atoms with E-state index in [9.17, 15) is 0 Å². The molecule has 2 heterocycles. The van der Waals surface area contributed by atoms with Gasteiger partial charge in [-0.05, 0) is 24.1 Å². The van der Waals surface area contributed by atoms with Gasteiger partial charge in [-0.3, -0.25) is 0 Å². The Labute approximate surface area is 71.8 Å². The predicted octanol–water partition coefficient (Wildman–Crippen LogP) is 0.736. The summed E-state index contributed by atoms with van der Waals surface area (Å²) < 4.78 is 5.04. The monoisotopic (exact) mass is 164 g/mol. The average molecular weight is 164 g/mol. The first-order chi connectivity index (χ1) is 5.90. The first-order valence-electron chi connectivity index (χ1n) is 4.12. The van der Waals surface area contributed by atoms with Crippen LogP contribution in [0.5, 0.6) is 5.88 Å². The highest BCUT2D eigenvalue weighted by molar-refractivity contribution is 5.30. The second kappa shape index (κ2) is 3.11. The van der Waals surface area contributed by atoms with Gasteiger partial charge >= 0.3 is 0 Å². The minimum Gasteiger partial charge on any atom is -0.481 e. The van der Waals surface area contributed by atoms with Crippen molar-refractivity contribution in [1.82, 2.24) is 10.3 Å². The fourth-order valence-electron chi connectivity index (χ4n) is 1.45. The highest BCUT2D eigenvalue weighted by atomic mass is 16.5. The van der Waals surface area contributed by atoms with Gasteiger partial charge in [-0.25, -0.2) is 4.98 Å². The number of aromatic nitrogens is 1. The summed E-state index contributed by atoms with van der Waals surface area (Å²) in [6.45, 7) is 2.00. The third kappa shape index (κ3) is 1.28. The number of nitrogens with one attached hydrogen (secondary N) is 1. The summed E-state index contributed by atoms with van der Waals surface area (Å²) in [7, 11) is 1.64. The number of nitrogens with zero attached hydrogens (tertiary/aromatic N) is 1. The summed E-state index contributed by atoms with van der Waals surface area (Å²) in [4.78, 5) is 4.16. The molecule has 0 unspecified atom stereocenters. The maximum absolute atomic E-state index is 5.04. The molecule has 2 rings (SSSR count). The molecule has 0 fully saturated rings. The van der Waals surface area contributed by atoms with E-state index in [-0.39, 0.29) is 0 Å². The first-order valence-corrected chi connectivity index (χ1v) is 4.12. The van der Waals surface area contributed by atoms with Crippen molar-refractivity contribution in [1.29, 1.82) is 0 Å². The van der Waals surface area contributed by atoms with E-state index < -0.39 is 0 Å². The van der Waals surface area contributed by atoms with Crippen LogP contribution in [0.1, 0.15) is 11.1 Å². The summed E-state index contributed by atoms with van der Waals surface area (Å²) in [5.74, 6) is 0.706. The zero-order chi connectivity index (χ0) is 8.39. The SMILES string of the molecule is COc1cc2c(cn1)CCNC2. The number of hydrogen-bond donors (Lipinski definition) is 1. The maximum atomic E-state index is 5.04. The largest absolute Gasteiger partial charge is 0.481 e. The van der Waals surface area contributed by atoms with Crippen LogP contribution in [-0.2, 0) is 13.0 Å². The Morgan fingerprint density at radius 1 is 1.50 bits per heavy atom. The molecule has 0 spiro atoms. The zero-order valence-electron chi connectivity index (χ0n) is 7.13. The topological polar surface area (TPSA) is 34.1 Å². The van der Waals surface area contributed by atoms with Gasteiger partial charge in [0, 0.05) is 18.8 Å². The summed E-state index contributed by atoms with van der Waals surface area (Å²) >= 11 is 0. The van der Waals surface area contributed by atoms with Crippen LogP contribution in [0.3, 0.4) is 0 Å². The fourth-order valence-corrected chi connectivity index (χ4v) is 1.45. The Morgan fingerprint density at radius 2 is 2.42 bits per heavy atom. The average Bonchev–Trinajstić information content (AvgIpc) is 2.17. The summed E-state index contributed by atoms with van der Waals surface area (Å²) in [5, 5.41) is 3.31. The van der Waals surface area contributed by atoms with Gasteiger partial charge < -0.3 is 10.1 Å². The lowest BCUT2D eigenvalue weighted by Crippen LogP contribution is -2.23. The molecule has 0 saturated heterocycles. The molecular formula is C9H12N2O. The van der Waals surface area contributed by atoms with Crippen LogP contribution in [0.4, 0.5) is 0 Å². The molecular weight excluding hydrogens is 152 g/mol. The van der Waals surface area contributed by atoms with E-state index in [1.807, 2.05) is 12.3 Å². The van der Waals surface area contributed by atoms with Crippen molar-refractivity contribution >= 4 is 0 Å². The second-order valence-corrected chi connectivity index (χ2v) is 2.92. The van der Waals surface area contributed by atoms with E-state index in [2.05, 4.69) is 10.3 Å². The minimum atomic E-state index is 0.706. The van der Waals surface area contributed by atoms with Crippen LogP contribution in [0, 0.1) is 0 Å². The van der Waals surface area contributed by atoms with Crippen molar-refractivity contribution in [2.45, 2.75) is 13.0 Å². The number of rotatable bonds is 1. The van der Waals surface area contributed by atoms with Crippen molar-refractivity contribution < 1.29 is 4.74 Å². The number of ether oxygens (including phenoxy) is 1. The molecule has 3 heteroatoms. The molecule has 0 amide bonds. The smallest absolute Gasteiger partial charge is 0.213 e. The van der Waals surface area contributed by atoms with Gasteiger partial charge in [0.25, 0.3) is 0 Å². The molecule has 0 aromatic carbocycles. The van der Waals surface area contributed by atoms with Crippen LogP contribution in [-0.4, -0.2) is 18.6 Å². The van der Waals surface area contributed by atoms with E-state index in [1.165, 1.54) is 11.1 Å². The van der Waals surface area contributed by atoms with E-state index in [0.29, 0.717) is 5.88 Å². The quantitative estimate of drug-likeness (QED) is 0.664. The molecule has 1 N–H and O–H groups in total. The van der Waals surface area contributed by atoms with Gasteiger partial charge in [0.05, 0.1) is 7.11 Å². The zero-order valence-corrected chi connectivity index (χ0v) is 7.13. The first kappa shape index (κ1) is 7.55. The van der Waals surface area contributed by atoms with Gasteiger partial charge in [0.1, 0.15) is 0 Å². The normalized spacial score (nSPS) is 15.4. The van der Waals surface area contributed by atoms with Gasteiger partial charge in [0.15, 0.2) is 0 Å². The highest BCUT2D eigenvalue weighted by Crippen LogP contribution is 2.16. The number of hydrogen-bond acceptors (Lipinski definition) is 3. The minimum absolute atomic E-state index is 0.706. The molecule has 12 heavy (non-hydrogen) atoms. The highest BCUT2D eigenvalue weighted by Gasteiger charge is 2.09. The second-order valence-electron chi connectivity index (χ2n) is 2.92. The van der Waals surface area contributed by atoms with Crippen LogP contribution in [0.25, 0.3) is 0 Å². The van der Waals surface area contributed by atoms with E-state index >= 15 is 0 Å². The number of methoxy groups -OCH3 is 1. The summed E-state index contributed by atoms with van der Waals surface area (Å²) in [6.07, 6.45) is 2.99. The molecule has 0 bridgehead atoms. The molecule has 0 radical (unpaired) electrons. The van der Waals surface area contributed by atoms with Crippen molar-refractivity contribution in [2.75, 3.05) is 13.7 Å². The Hall–Kier alpha value is -1.09. The third-order valence-corrected chi connectivity index (χ3v) is 2.15. The predicted molar refractivity (Wildman–Crippen MR) is 46.2 cm³/mol. The van der Waals surface area contributed by atoms with Crippen molar-refractivity contribution in [2.24, 2.45) is 0 Å². The molecule has 0 aliphatic carbocycles. The summed E-state index contributed by atoms with van der Waals surface area (Å²) in [6, 6.07) is 2.00. The van der Waals surface area contributed by atoms with E-state index in [1.54, 1.807) is 7.11 Å². The van der Waals surface area contributed by atoms with E-state index in [4.69, 9.17) is 4.74 Å². The number of pyridine rings is 1. The molecule has 1 aromatic heterocycles. The molecule has 1 aliphatic rings.